The second kappa shape index (κ2) is 9.17. The number of hydrogen-bond acceptors (Lipinski definition) is 5. The van der Waals surface area contributed by atoms with E-state index >= 15 is 0 Å². The molecule has 0 atom stereocenters. The Morgan fingerprint density at radius 2 is 1.87 bits per heavy atom. The standard InChI is InChI=1S/C21H22F3N5O2/c1-13-8-9-17(14(2)12-13)29(10-5-11-30)20(31)28-27-18-15-6-3-4-7-16(15)25-19(26-18)21(22,23)24/h3-4,6-9,12,30H,5,10-11H2,1-2H3,(H,28,31)(H,25,26,27). The maximum absolute atomic E-state index is 13.2. The van der Waals surface area contributed by atoms with Crippen LogP contribution in [0.5, 0.6) is 0 Å². The van der Waals surface area contributed by atoms with E-state index < -0.39 is 18.0 Å². The van der Waals surface area contributed by atoms with Gasteiger partial charge in [-0.1, -0.05) is 29.8 Å². The first kappa shape index (κ1) is 22.3. The van der Waals surface area contributed by atoms with Crippen LogP contribution in [0.1, 0.15) is 23.4 Å². The Kier molecular flexibility index (Phi) is 6.59. The van der Waals surface area contributed by atoms with Crippen LogP contribution in [0, 0.1) is 13.8 Å². The fraction of sp³-hybridized carbons (Fsp3) is 0.286. The number of aromatic nitrogens is 2. The minimum absolute atomic E-state index is 0.0908. The predicted octanol–water partition coefficient (Wildman–Crippen LogP) is 4.19. The zero-order valence-electron chi connectivity index (χ0n) is 17.0. The number of nitrogens with one attached hydrogen (secondary N) is 2. The minimum Gasteiger partial charge on any atom is -0.396 e. The zero-order valence-corrected chi connectivity index (χ0v) is 17.0. The molecule has 2 aromatic carbocycles. The summed E-state index contributed by atoms with van der Waals surface area (Å²) in [6.45, 7) is 3.87. The molecule has 0 aliphatic rings. The van der Waals surface area contributed by atoms with Gasteiger partial charge < -0.3 is 5.11 Å². The molecule has 0 saturated heterocycles. The van der Waals surface area contributed by atoms with Crippen molar-refractivity contribution >= 4 is 28.4 Å². The van der Waals surface area contributed by atoms with Gasteiger partial charge in [0.05, 0.1) is 5.52 Å². The van der Waals surface area contributed by atoms with Crippen LogP contribution < -0.4 is 15.8 Å². The van der Waals surface area contributed by atoms with E-state index in [0.717, 1.165) is 11.1 Å². The van der Waals surface area contributed by atoms with Crippen LogP contribution in [-0.4, -0.2) is 34.3 Å². The number of amides is 2. The van der Waals surface area contributed by atoms with E-state index in [9.17, 15) is 23.1 Å². The number of para-hydroxylation sites is 1. The van der Waals surface area contributed by atoms with Crippen molar-refractivity contribution in [3.63, 3.8) is 0 Å². The summed E-state index contributed by atoms with van der Waals surface area (Å²) in [4.78, 5) is 21.4. The number of aryl methyl sites for hydroxylation is 2. The monoisotopic (exact) mass is 433 g/mol. The molecule has 0 aliphatic heterocycles. The Morgan fingerprint density at radius 3 is 2.55 bits per heavy atom. The summed E-state index contributed by atoms with van der Waals surface area (Å²) < 4.78 is 39.6. The molecule has 0 fully saturated rings. The lowest BCUT2D eigenvalue weighted by atomic mass is 10.1. The summed E-state index contributed by atoms with van der Waals surface area (Å²) in [6.07, 6.45) is -4.41. The van der Waals surface area contributed by atoms with Crippen LogP contribution in [-0.2, 0) is 6.18 Å². The molecule has 0 unspecified atom stereocenters. The Hall–Kier alpha value is -3.40. The zero-order chi connectivity index (χ0) is 22.6. The topological polar surface area (TPSA) is 90.4 Å². The van der Waals surface area contributed by atoms with E-state index in [4.69, 9.17) is 0 Å². The van der Waals surface area contributed by atoms with Gasteiger partial charge in [0.15, 0.2) is 5.82 Å². The summed E-state index contributed by atoms with van der Waals surface area (Å²) in [5.74, 6) is -1.48. The third-order valence-corrected chi connectivity index (χ3v) is 4.57. The van der Waals surface area contributed by atoms with Crippen LogP contribution in [0.25, 0.3) is 10.9 Å². The van der Waals surface area contributed by atoms with Crippen LogP contribution in [0.15, 0.2) is 42.5 Å². The third-order valence-electron chi connectivity index (χ3n) is 4.57. The molecule has 1 aromatic heterocycles. The first-order valence-electron chi connectivity index (χ1n) is 9.56. The molecule has 1 heterocycles. The number of carbonyl (C=O) groups excluding carboxylic acids is 1. The lowest BCUT2D eigenvalue weighted by Gasteiger charge is -2.25. The van der Waals surface area contributed by atoms with Crippen molar-refractivity contribution in [3.05, 3.63) is 59.4 Å². The predicted molar refractivity (Wildman–Crippen MR) is 112 cm³/mol. The largest absolute Gasteiger partial charge is 0.451 e. The number of urea groups is 1. The first-order chi connectivity index (χ1) is 14.7. The molecule has 0 spiro atoms. The van der Waals surface area contributed by atoms with Crippen molar-refractivity contribution in [2.45, 2.75) is 26.4 Å². The molecular formula is C21H22F3N5O2. The van der Waals surface area contributed by atoms with Crippen molar-refractivity contribution < 1.29 is 23.1 Å². The van der Waals surface area contributed by atoms with Gasteiger partial charge in [-0.2, -0.15) is 13.2 Å². The number of halogens is 3. The Morgan fingerprint density at radius 1 is 1.13 bits per heavy atom. The number of nitrogens with zero attached hydrogens (tertiary/aromatic N) is 3. The van der Waals surface area contributed by atoms with Crippen molar-refractivity contribution in [2.24, 2.45) is 0 Å². The van der Waals surface area contributed by atoms with Gasteiger partial charge in [0.2, 0.25) is 5.82 Å². The van der Waals surface area contributed by atoms with Crippen LogP contribution in [0.3, 0.4) is 0 Å². The molecule has 3 N–H and O–H groups in total. The minimum atomic E-state index is -4.74. The third kappa shape index (κ3) is 5.21. The first-order valence-corrected chi connectivity index (χ1v) is 9.56. The number of carbonyl (C=O) groups is 1. The van der Waals surface area contributed by atoms with E-state index in [0.29, 0.717) is 17.5 Å². The van der Waals surface area contributed by atoms with Gasteiger partial charge in [0, 0.05) is 24.2 Å². The molecule has 0 radical (unpaired) electrons. The highest BCUT2D eigenvalue weighted by Crippen LogP contribution is 2.30. The summed E-state index contributed by atoms with van der Waals surface area (Å²) >= 11 is 0. The lowest BCUT2D eigenvalue weighted by molar-refractivity contribution is -0.144. The van der Waals surface area contributed by atoms with Gasteiger partial charge >= 0.3 is 12.2 Å². The van der Waals surface area contributed by atoms with Gasteiger partial charge in [-0.05, 0) is 44.0 Å². The highest BCUT2D eigenvalue weighted by atomic mass is 19.4. The molecule has 7 nitrogen and oxygen atoms in total. The normalized spacial score (nSPS) is 11.4. The quantitative estimate of drug-likeness (QED) is 0.507. The number of aliphatic hydroxyl groups excluding tert-OH is 1. The number of fused-ring (bicyclic) bond motifs is 1. The molecule has 0 aliphatic carbocycles. The molecule has 0 bridgehead atoms. The van der Waals surface area contributed by atoms with Crippen LogP contribution >= 0.6 is 0 Å². The van der Waals surface area contributed by atoms with Crippen molar-refractivity contribution in [1.82, 2.24) is 15.4 Å². The number of rotatable bonds is 6. The molecule has 3 rings (SSSR count). The van der Waals surface area contributed by atoms with Gasteiger partial charge in [0.25, 0.3) is 0 Å². The van der Waals surface area contributed by atoms with E-state index in [1.807, 2.05) is 26.0 Å². The number of benzene rings is 2. The Labute approximate surface area is 176 Å². The molecular weight excluding hydrogens is 411 g/mol. The Bertz CT molecular complexity index is 1090. The highest BCUT2D eigenvalue weighted by molar-refractivity contribution is 5.95. The van der Waals surface area contributed by atoms with E-state index in [1.54, 1.807) is 24.3 Å². The number of aliphatic hydroxyl groups is 1. The van der Waals surface area contributed by atoms with Gasteiger partial charge in [-0.3, -0.25) is 10.3 Å². The van der Waals surface area contributed by atoms with Gasteiger partial charge in [-0.25, -0.2) is 20.2 Å². The molecule has 164 valence electrons. The number of anilines is 2. The highest BCUT2D eigenvalue weighted by Gasteiger charge is 2.35. The molecule has 2 amide bonds. The van der Waals surface area contributed by atoms with Gasteiger partial charge in [-0.15, -0.1) is 0 Å². The Balaban J connectivity index is 1.89. The molecule has 31 heavy (non-hydrogen) atoms. The second-order valence-corrected chi connectivity index (χ2v) is 6.98. The smallest absolute Gasteiger partial charge is 0.396 e. The van der Waals surface area contributed by atoms with Crippen LogP contribution in [0.2, 0.25) is 0 Å². The lowest BCUT2D eigenvalue weighted by Crippen LogP contribution is -2.44. The van der Waals surface area contributed by atoms with Crippen molar-refractivity contribution in [1.29, 1.82) is 0 Å². The number of hydrogen-bond donors (Lipinski definition) is 3. The maximum Gasteiger partial charge on any atom is 0.451 e. The summed E-state index contributed by atoms with van der Waals surface area (Å²) in [6, 6.07) is 11.1. The second-order valence-electron chi connectivity index (χ2n) is 6.98. The maximum atomic E-state index is 13.2. The molecule has 0 saturated carbocycles. The van der Waals surface area contributed by atoms with E-state index in [2.05, 4.69) is 20.8 Å². The number of alkyl halides is 3. The van der Waals surface area contributed by atoms with Crippen LogP contribution in [0.4, 0.5) is 29.5 Å². The van der Waals surface area contributed by atoms with Crippen molar-refractivity contribution in [2.75, 3.05) is 23.5 Å². The summed E-state index contributed by atoms with van der Waals surface area (Å²) in [7, 11) is 0. The molecule has 3 aromatic rings. The van der Waals surface area contributed by atoms with Gasteiger partial charge in [0.1, 0.15) is 0 Å². The fourth-order valence-corrected chi connectivity index (χ4v) is 3.15. The van der Waals surface area contributed by atoms with E-state index in [-0.39, 0.29) is 24.5 Å². The summed E-state index contributed by atoms with van der Waals surface area (Å²) in [5.41, 5.74) is 7.51. The average molecular weight is 433 g/mol. The fourth-order valence-electron chi connectivity index (χ4n) is 3.15. The SMILES string of the molecule is Cc1ccc(N(CCCO)C(=O)NNc2nc(C(F)(F)F)nc3ccccc23)c(C)c1. The summed E-state index contributed by atoms with van der Waals surface area (Å²) in [5, 5.41) is 9.52. The average Bonchev–Trinajstić information content (AvgIpc) is 2.72. The number of hydrazine groups is 1. The van der Waals surface area contributed by atoms with Crippen molar-refractivity contribution in [3.8, 4) is 0 Å². The van der Waals surface area contributed by atoms with E-state index in [1.165, 1.54) is 11.0 Å². The molecule has 10 heteroatoms.